The minimum atomic E-state index is -0.217. The van der Waals surface area contributed by atoms with Crippen LogP contribution in [0.3, 0.4) is 0 Å². The van der Waals surface area contributed by atoms with Crippen LogP contribution in [-0.4, -0.2) is 23.9 Å². The third-order valence-corrected chi connectivity index (χ3v) is 3.95. The number of rotatable bonds is 6. The topological polar surface area (TPSA) is 58.4 Å². The lowest BCUT2D eigenvalue weighted by molar-refractivity contribution is 0.0957. The quantitative estimate of drug-likeness (QED) is 0.464. The number of thiophene rings is 1. The SMILES string of the molecule is CCCC(C)N(C)Cc1ccc(C(=O)NN)s1. The number of hydrogen-bond acceptors (Lipinski definition) is 4. The number of carbonyl (C=O) groups excluding carboxylic acids is 1. The zero-order chi connectivity index (χ0) is 12.8. The molecule has 0 aliphatic rings. The van der Waals surface area contributed by atoms with Crippen LogP contribution in [0.4, 0.5) is 0 Å². The van der Waals surface area contributed by atoms with Crippen molar-refractivity contribution in [3.8, 4) is 0 Å². The summed E-state index contributed by atoms with van der Waals surface area (Å²) in [5.41, 5.74) is 2.15. The number of nitrogen functional groups attached to an aromatic ring is 1. The first kappa shape index (κ1) is 14.2. The van der Waals surface area contributed by atoms with Gasteiger partial charge in [-0.1, -0.05) is 13.3 Å². The Bertz CT molecular complexity index is 364. The molecule has 96 valence electrons. The molecule has 0 aromatic carbocycles. The van der Waals surface area contributed by atoms with E-state index in [9.17, 15) is 4.79 Å². The first-order valence-electron chi connectivity index (χ1n) is 5.88. The third-order valence-electron chi connectivity index (χ3n) is 2.88. The first-order chi connectivity index (χ1) is 8.08. The fraction of sp³-hybridized carbons (Fsp3) is 0.583. The maximum Gasteiger partial charge on any atom is 0.275 e. The average Bonchev–Trinajstić information content (AvgIpc) is 2.76. The van der Waals surface area contributed by atoms with Gasteiger partial charge in [-0.25, -0.2) is 5.84 Å². The highest BCUT2D eigenvalue weighted by atomic mass is 32.1. The molecule has 1 aromatic heterocycles. The second-order valence-corrected chi connectivity index (χ2v) is 5.46. The molecule has 0 saturated heterocycles. The average molecular weight is 255 g/mol. The van der Waals surface area contributed by atoms with Crippen molar-refractivity contribution in [3.05, 3.63) is 21.9 Å². The molecule has 1 heterocycles. The molecule has 3 N–H and O–H groups in total. The molecule has 4 nitrogen and oxygen atoms in total. The lowest BCUT2D eigenvalue weighted by Crippen LogP contribution is -2.29. The van der Waals surface area contributed by atoms with E-state index in [2.05, 4.69) is 31.2 Å². The molecule has 5 heteroatoms. The second kappa shape index (κ2) is 6.74. The Hall–Kier alpha value is -0.910. The number of nitrogens with zero attached hydrogens (tertiary/aromatic N) is 1. The number of carbonyl (C=O) groups is 1. The highest BCUT2D eigenvalue weighted by Crippen LogP contribution is 2.19. The monoisotopic (exact) mass is 255 g/mol. The molecule has 0 saturated carbocycles. The molecule has 1 rings (SSSR count). The van der Waals surface area contributed by atoms with Crippen LogP contribution in [-0.2, 0) is 6.54 Å². The molecule has 0 radical (unpaired) electrons. The maximum absolute atomic E-state index is 11.3. The van der Waals surface area contributed by atoms with Gasteiger partial charge in [0.1, 0.15) is 0 Å². The highest BCUT2D eigenvalue weighted by molar-refractivity contribution is 7.14. The van der Waals surface area contributed by atoms with Crippen molar-refractivity contribution < 1.29 is 4.79 Å². The fourth-order valence-electron chi connectivity index (χ4n) is 1.70. The fourth-order valence-corrected chi connectivity index (χ4v) is 2.67. The van der Waals surface area contributed by atoms with Gasteiger partial charge in [0.15, 0.2) is 0 Å². The molecule has 0 aliphatic heterocycles. The van der Waals surface area contributed by atoms with Crippen molar-refractivity contribution in [1.82, 2.24) is 10.3 Å². The maximum atomic E-state index is 11.3. The lowest BCUT2D eigenvalue weighted by atomic mass is 10.2. The zero-order valence-electron chi connectivity index (χ0n) is 10.7. The molecule has 1 aromatic rings. The molecule has 17 heavy (non-hydrogen) atoms. The Labute approximate surface area is 107 Å². The molecule has 0 aliphatic carbocycles. The van der Waals surface area contributed by atoms with E-state index < -0.39 is 0 Å². The summed E-state index contributed by atoms with van der Waals surface area (Å²) in [5, 5.41) is 0. The van der Waals surface area contributed by atoms with E-state index in [1.165, 1.54) is 29.1 Å². The number of hydrogen-bond donors (Lipinski definition) is 2. The summed E-state index contributed by atoms with van der Waals surface area (Å²) in [6, 6.07) is 4.37. The minimum absolute atomic E-state index is 0.217. The van der Waals surface area contributed by atoms with Gasteiger partial charge in [-0.3, -0.25) is 15.1 Å². The Morgan fingerprint density at radius 2 is 2.29 bits per heavy atom. The summed E-state index contributed by atoms with van der Waals surface area (Å²) in [4.78, 5) is 15.5. The molecule has 1 amide bonds. The van der Waals surface area contributed by atoms with Crippen molar-refractivity contribution in [2.24, 2.45) is 5.84 Å². The standard InChI is InChI=1S/C12H21N3OS/c1-4-5-9(2)15(3)8-10-6-7-11(17-10)12(16)14-13/h6-7,9H,4-5,8,13H2,1-3H3,(H,14,16). The summed E-state index contributed by atoms with van der Waals surface area (Å²) in [7, 11) is 2.11. The van der Waals surface area contributed by atoms with Crippen LogP contribution < -0.4 is 11.3 Å². The summed E-state index contributed by atoms with van der Waals surface area (Å²) in [5.74, 6) is 4.88. The van der Waals surface area contributed by atoms with Crippen molar-refractivity contribution in [1.29, 1.82) is 0 Å². The van der Waals surface area contributed by atoms with Crippen LogP contribution in [0, 0.1) is 0 Å². The smallest absolute Gasteiger partial charge is 0.275 e. The van der Waals surface area contributed by atoms with Crippen LogP contribution >= 0.6 is 11.3 Å². The van der Waals surface area contributed by atoms with E-state index in [0.717, 1.165) is 6.54 Å². The van der Waals surface area contributed by atoms with E-state index in [1.807, 2.05) is 12.1 Å². The Kier molecular flexibility index (Phi) is 5.61. The van der Waals surface area contributed by atoms with Gasteiger partial charge in [-0.15, -0.1) is 11.3 Å². The van der Waals surface area contributed by atoms with Gasteiger partial charge in [0, 0.05) is 17.5 Å². The predicted octanol–water partition coefficient (Wildman–Crippen LogP) is 1.97. The summed E-state index contributed by atoms with van der Waals surface area (Å²) in [6.07, 6.45) is 2.38. The van der Waals surface area contributed by atoms with Gasteiger partial charge < -0.3 is 0 Å². The Morgan fingerprint density at radius 3 is 2.88 bits per heavy atom. The Balaban J connectivity index is 2.57. The van der Waals surface area contributed by atoms with Crippen molar-refractivity contribution in [3.63, 3.8) is 0 Å². The first-order valence-corrected chi connectivity index (χ1v) is 6.70. The summed E-state index contributed by atoms with van der Waals surface area (Å²) < 4.78 is 0. The van der Waals surface area contributed by atoms with Crippen LogP contribution in [0.1, 0.15) is 41.2 Å². The predicted molar refractivity (Wildman–Crippen MR) is 71.8 cm³/mol. The molecule has 0 spiro atoms. The van der Waals surface area contributed by atoms with Crippen molar-refractivity contribution >= 4 is 17.2 Å². The van der Waals surface area contributed by atoms with Crippen LogP contribution in [0.2, 0.25) is 0 Å². The van der Waals surface area contributed by atoms with Gasteiger partial charge in [0.25, 0.3) is 5.91 Å². The largest absolute Gasteiger partial charge is 0.299 e. The van der Waals surface area contributed by atoms with E-state index in [0.29, 0.717) is 10.9 Å². The van der Waals surface area contributed by atoms with Gasteiger partial charge in [0.05, 0.1) is 4.88 Å². The van der Waals surface area contributed by atoms with Gasteiger partial charge in [-0.2, -0.15) is 0 Å². The second-order valence-electron chi connectivity index (χ2n) is 4.29. The van der Waals surface area contributed by atoms with Crippen molar-refractivity contribution in [2.75, 3.05) is 7.05 Å². The Morgan fingerprint density at radius 1 is 1.59 bits per heavy atom. The molecule has 0 bridgehead atoms. The summed E-state index contributed by atoms with van der Waals surface area (Å²) in [6.45, 7) is 5.30. The molecule has 1 atom stereocenters. The number of nitrogens with two attached hydrogens (primary N) is 1. The molecule has 0 fully saturated rings. The summed E-state index contributed by atoms with van der Waals surface area (Å²) >= 11 is 1.50. The van der Waals surface area contributed by atoms with Gasteiger partial charge >= 0.3 is 0 Å². The van der Waals surface area contributed by atoms with Gasteiger partial charge in [-0.05, 0) is 32.5 Å². The zero-order valence-corrected chi connectivity index (χ0v) is 11.5. The molecular formula is C12H21N3OS. The van der Waals surface area contributed by atoms with E-state index in [4.69, 9.17) is 5.84 Å². The highest BCUT2D eigenvalue weighted by Gasteiger charge is 2.12. The third kappa shape index (κ3) is 4.11. The van der Waals surface area contributed by atoms with Crippen molar-refractivity contribution in [2.45, 2.75) is 39.3 Å². The lowest BCUT2D eigenvalue weighted by Gasteiger charge is -2.23. The van der Waals surface area contributed by atoms with Crippen LogP contribution in [0.25, 0.3) is 0 Å². The van der Waals surface area contributed by atoms with Crippen LogP contribution in [0.5, 0.6) is 0 Å². The van der Waals surface area contributed by atoms with E-state index in [-0.39, 0.29) is 5.91 Å². The van der Waals surface area contributed by atoms with E-state index in [1.54, 1.807) is 0 Å². The molecule has 1 unspecified atom stereocenters. The van der Waals surface area contributed by atoms with Crippen LogP contribution in [0.15, 0.2) is 12.1 Å². The number of nitrogens with one attached hydrogen (secondary N) is 1. The molecular weight excluding hydrogens is 234 g/mol. The normalized spacial score (nSPS) is 12.8. The minimum Gasteiger partial charge on any atom is -0.299 e. The number of hydrazine groups is 1. The number of amides is 1. The van der Waals surface area contributed by atoms with E-state index >= 15 is 0 Å². The van der Waals surface area contributed by atoms with Gasteiger partial charge in [0.2, 0.25) is 0 Å².